The Kier molecular flexibility index (Phi) is 15.2. The van der Waals surface area contributed by atoms with Crippen molar-refractivity contribution in [2.75, 3.05) is 14.2 Å². The van der Waals surface area contributed by atoms with Gasteiger partial charge in [-0.25, -0.2) is 14.0 Å². The number of hydrogen-bond acceptors (Lipinski definition) is 11. The number of phenols is 1. The molecular weight excluding hydrogens is 897 g/mol. The monoisotopic (exact) mass is 945 g/mol. The molecule has 0 unspecified atom stereocenters. The molecule has 9 aromatic rings. The smallest absolute Gasteiger partial charge is 0.496 e. The molecule has 0 atom stereocenters. The van der Waals surface area contributed by atoms with Crippen molar-refractivity contribution < 1.29 is 23.9 Å². The van der Waals surface area contributed by atoms with Crippen LogP contribution in [0.5, 0.6) is 17.2 Å². The number of ether oxygens (including phenoxy) is 2. The van der Waals surface area contributed by atoms with Gasteiger partial charge in [0.15, 0.2) is 0 Å². The van der Waals surface area contributed by atoms with E-state index in [2.05, 4.69) is 46.2 Å². The number of nitrogens with zero attached hydrogens (tertiary/aromatic N) is 9. The van der Waals surface area contributed by atoms with Gasteiger partial charge in [-0.3, -0.25) is 15.0 Å². The number of phenolic OH excluding ortho intramolecular Hbond substituents is 1. The molecule has 7 heterocycles. The second-order valence-corrected chi connectivity index (χ2v) is 16.6. The summed E-state index contributed by atoms with van der Waals surface area (Å²) in [6.45, 7) is 8.18. The van der Waals surface area contributed by atoms with Crippen LogP contribution in [0.3, 0.4) is 0 Å². The zero-order valence-electron chi connectivity index (χ0n) is 37.4. The van der Waals surface area contributed by atoms with Gasteiger partial charge in [0, 0.05) is 96.1 Å². The van der Waals surface area contributed by atoms with E-state index in [-0.39, 0.29) is 24.1 Å². The maximum absolute atomic E-state index is 9.45. The SMILES string of the molecule is CC1(C)OB(c2cccnc2)OC1(C)C.COc1cccc(-n2cc(-c3ccncc3)cn2)c1.COc1cccc(-n2cc(Br)cn2)c1.Oc1cccc(-n2cc(-c3cccnc3)cn2)c1. The van der Waals surface area contributed by atoms with Gasteiger partial charge in [0.2, 0.25) is 0 Å². The second-order valence-electron chi connectivity index (χ2n) is 15.7. The highest BCUT2D eigenvalue weighted by atomic mass is 79.9. The summed E-state index contributed by atoms with van der Waals surface area (Å²) in [6.07, 6.45) is 21.8. The lowest BCUT2D eigenvalue weighted by Crippen LogP contribution is -2.41. The molecule has 66 heavy (non-hydrogen) atoms. The van der Waals surface area contributed by atoms with E-state index < -0.39 is 0 Å². The van der Waals surface area contributed by atoms with Gasteiger partial charge in [-0.1, -0.05) is 30.3 Å². The highest BCUT2D eigenvalue weighted by Gasteiger charge is 2.51. The molecule has 0 radical (unpaired) electrons. The summed E-state index contributed by atoms with van der Waals surface area (Å²) in [5.74, 6) is 1.87. The molecule has 1 fully saturated rings. The maximum atomic E-state index is 9.45. The summed E-state index contributed by atoms with van der Waals surface area (Å²) < 4.78 is 28.4. The molecule has 0 aliphatic carbocycles. The summed E-state index contributed by atoms with van der Waals surface area (Å²) in [7, 11) is 3.01. The highest BCUT2D eigenvalue weighted by Crippen LogP contribution is 2.36. The predicted molar refractivity (Wildman–Crippen MR) is 260 cm³/mol. The number of rotatable bonds is 8. The van der Waals surface area contributed by atoms with E-state index in [9.17, 15) is 5.11 Å². The average Bonchev–Trinajstić information content (AvgIpc) is 4.18. The van der Waals surface area contributed by atoms with E-state index >= 15 is 0 Å². The molecular formula is C50H49BBrN9O5. The number of benzene rings is 3. The first-order valence-corrected chi connectivity index (χ1v) is 21.6. The second kappa shape index (κ2) is 21.5. The van der Waals surface area contributed by atoms with Crippen molar-refractivity contribution in [3.63, 3.8) is 0 Å². The minimum absolute atomic E-state index is 0.228. The van der Waals surface area contributed by atoms with E-state index in [1.165, 1.54) is 0 Å². The first-order chi connectivity index (χ1) is 31.9. The summed E-state index contributed by atoms with van der Waals surface area (Å²) in [5, 5.41) is 22.3. The van der Waals surface area contributed by atoms with E-state index in [0.717, 1.165) is 60.8 Å². The zero-order valence-corrected chi connectivity index (χ0v) is 39.0. The van der Waals surface area contributed by atoms with Crippen LogP contribution >= 0.6 is 15.9 Å². The van der Waals surface area contributed by atoms with Crippen molar-refractivity contribution in [3.05, 3.63) is 188 Å². The lowest BCUT2D eigenvalue weighted by molar-refractivity contribution is 0.00578. The van der Waals surface area contributed by atoms with Gasteiger partial charge in [0.05, 0.1) is 65.5 Å². The lowest BCUT2D eigenvalue weighted by atomic mass is 9.80. The van der Waals surface area contributed by atoms with Crippen LogP contribution in [0.15, 0.2) is 188 Å². The normalized spacial score (nSPS) is 13.2. The molecule has 1 aliphatic rings. The Bertz CT molecular complexity index is 2900. The predicted octanol–water partition coefficient (Wildman–Crippen LogP) is 9.61. The van der Waals surface area contributed by atoms with Crippen molar-refractivity contribution in [3.8, 4) is 56.6 Å². The Morgan fingerprint density at radius 3 is 1.53 bits per heavy atom. The third kappa shape index (κ3) is 12.0. The van der Waals surface area contributed by atoms with Crippen molar-refractivity contribution in [1.29, 1.82) is 0 Å². The molecule has 0 saturated carbocycles. The minimum atomic E-state index is -0.302. The molecule has 16 heteroatoms. The molecule has 334 valence electrons. The Hall–Kier alpha value is -7.40. The lowest BCUT2D eigenvalue weighted by Gasteiger charge is -2.32. The molecule has 1 N–H and O–H groups in total. The van der Waals surface area contributed by atoms with Gasteiger partial charge in [-0.15, -0.1) is 0 Å². The molecule has 1 aliphatic heterocycles. The number of aromatic nitrogens is 9. The minimum Gasteiger partial charge on any atom is -0.508 e. The fraction of sp³-hybridized carbons (Fsp3) is 0.160. The van der Waals surface area contributed by atoms with Crippen molar-refractivity contribution >= 4 is 28.5 Å². The van der Waals surface area contributed by atoms with Crippen LogP contribution in [-0.4, -0.2) is 81.9 Å². The van der Waals surface area contributed by atoms with Crippen molar-refractivity contribution in [1.82, 2.24) is 44.3 Å². The maximum Gasteiger partial charge on any atom is 0.496 e. The zero-order chi connectivity index (χ0) is 46.5. The van der Waals surface area contributed by atoms with Gasteiger partial charge in [0.1, 0.15) is 17.2 Å². The van der Waals surface area contributed by atoms with Crippen LogP contribution < -0.4 is 14.9 Å². The van der Waals surface area contributed by atoms with Crippen LogP contribution in [0.4, 0.5) is 0 Å². The molecule has 3 aromatic carbocycles. The Morgan fingerprint density at radius 2 is 1.03 bits per heavy atom. The molecule has 0 spiro atoms. The van der Waals surface area contributed by atoms with Crippen LogP contribution in [0.2, 0.25) is 0 Å². The van der Waals surface area contributed by atoms with Gasteiger partial charge in [-0.05, 0) is 110 Å². The number of methoxy groups -OCH3 is 2. The topological polar surface area (TPSA) is 149 Å². The van der Waals surface area contributed by atoms with Crippen molar-refractivity contribution in [2.24, 2.45) is 0 Å². The standard InChI is InChI=1S/C15H13N3O.C14H11N3O.C11H16BNO2.C10H9BrN2O/c1-19-15-4-2-3-14(9-15)18-11-13(10-17-18)12-5-7-16-8-6-12;18-14-5-1-4-13(7-14)17-10-12(9-16-17)11-3-2-6-15-8-11;1-10(2)11(3,4)15-12(14-10)9-6-5-7-13-8-9;1-14-10-4-2-3-9(5-10)13-7-8(11)6-12-13/h2-11H,1H3;1-10,18H;5-8H,1-4H3;2-7H,1H3. The molecule has 0 amide bonds. The van der Waals surface area contributed by atoms with Crippen LogP contribution in [0.1, 0.15) is 27.7 Å². The molecule has 10 rings (SSSR count). The molecule has 1 saturated heterocycles. The number of pyridine rings is 3. The summed E-state index contributed by atoms with van der Waals surface area (Å²) in [5.41, 5.74) is 7.35. The average molecular weight is 947 g/mol. The van der Waals surface area contributed by atoms with E-state index in [1.807, 2.05) is 148 Å². The summed E-state index contributed by atoms with van der Waals surface area (Å²) in [4.78, 5) is 12.2. The third-order valence-corrected chi connectivity index (χ3v) is 11.1. The quantitative estimate of drug-likeness (QED) is 0.145. The third-order valence-electron chi connectivity index (χ3n) is 10.7. The fourth-order valence-electron chi connectivity index (χ4n) is 6.38. The van der Waals surface area contributed by atoms with Crippen LogP contribution in [-0.2, 0) is 9.31 Å². The van der Waals surface area contributed by atoms with Crippen molar-refractivity contribution in [2.45, 2.75) is 38.9 Å². The number of halogens is 1. The van der Waals surface area contributed by atoms with E-state index in [4.69, 9.17) is 18.8 Å². The van der Waals surface area contributed by atoms with Gasteiger partial charge < -0.3 is 23.9 Å². The van der Waals surface area contributed by atoms with E-state index in [1.54, 1.807) is 91.4 Å². The summed E-state index contributed by atoms with van der Waals surface area (Å²) >= 11 is 3.35. The van der Waals surface area contributed by atoms with Crippen LogP contribution in [0.25, 0.3) is 39.3 Å². The number of hydrogen-bond donors (Lipinski definition) is 1. The van der Waals surface area contributed by atoms with Gasteiger partial charge in [-0.2, -0.15) is 15.3 Å². The molecule has 0 bridgehead atoms. The fourth-order valence-corrected chi connectivity index (χ4v) is 6.67. The van der Waals surface area contributed by atoms with Gasteiger partial charge in [0.25, 0.3) is 0 Å². The molecule has 6 aromatic heterocycles. The Morgan fingerprint density at radius 1 is 0.515 bits per heavy atom. The highest BCUT2D eigenvalue weighted by molar-refractivity contribution is 9.10. The van der Waals surface area contributed by atoms with Crippen LogP contribution in [0, 0.1) is 0 Å². The Labute approximate surface area is 392 Å². The van der Waals surface area contributed by atoms with E-state index in [0.29, 0.717) is 0 Å². The first kappa shape index (κ1) is 46.6. The van der Waals surface area contributed by atoms with Gasteiger partial charge >= 0.3 is 7.12 Å². The Balaban J connectivity index is 0.000000132. The number of aromatic hydroxyl groups is 1. The molecule has 14 nitrogen and oxygen atoms in total. The first-order valence-electron chi connectivity index (χ1n) is 20.9. The largest absolute Gasteiger partial charge is 0.508 e. The summed E-state index contributed by atoms with van der Waals surface area (Å²) in [6, 6.07) is 34.2.